The maximum absolute atomic E-state index is 13.2. The maximum atomic E-state index is 13.2. The van der Waals surface area contributed by atoms with Gasteiger partial charge in [-0.25, -0.2) is 9.59 Å². The third kappa shape index (κ3) is 3.44. The number of thioether (sulfide) groups is 1. The number of para-hydroxylation sites is 1. The molecule has 0 bridgehead atoms. The number of benzene rings is 2. The molecule has 1 saturated heterocycles. The van der Waals surface area contributed by atoms with Crippen LogP contribution in [-0.4, -0.2) is 18.4 Å². The van der Waals surface area contributed by atoms with Crippen LogP contribution in [0.1, 0.15) is 20.0 Å². The molecule has 150 valence electrons. The molecule has 3 aromatic rings. The Labute approximate surface area is 185 Å². The standard InChI is InChI=1S/C19H15Cl2N3O3S2/c1-19(2)15(22(18(28)29-19)12-6-4-3-5-7-12)24-16(25)23(17(26)27-24)14-9-8-11(20)10-13(14)21/h3-10,15H,1-2H3/t15-/m1/s1. The summed E-state index contributed by atoms with van der Waals surface area (Å²) in [4.78, 5) is 27.7. The van der Waals surface area contributed by atoms with Crippen molar-refractivity contribution in [3.8, 4) is 5.69 Å². The highest BCUT2D eigenvalue weighted by atomic mass is 35.5. The Morgan fingerprint density at radius 1 is 1.10 bits per heavy atom. The molecule has 0 unspecified atom stereocenters. The first-order valence-electron chi connectivity index (χ1n) is 8.58. The quantitative estimate of drug-likeness (QED) is 0.519. The van der Waals surface area contributed by atoms with E-state index in [0.717, 1.165) is 15.0 Å². The Morgan fingerprint density at radius 2 is 1.79 bits per heavy atom. The molecule has 2 heterocycles. The van der Waals surface area contributed by atoms with Crippen LogP contribution in [0.5, 0.6) is 0 Å². The summed E-state index contributed by atoms with van der Waals surface area (Å²) in [7, 11) is 0. The SMILES string of the molecule is CC1(C)SC(=S)N(c2ccccc2)[C@@H]1n1oc(=O)n(-c2ccc(Cl)cc2Cl)c1=O. The van der Waals surface area contributed by atoms with Crippen LogP contribution in [-0.2, 0) is 0 Å². The van der Waals surface area contributed by atoms with Gasteiger partial charge in [0.1, 0.15) is 4.32 Å². The molecule has 6 nitrogen and oxygen atoms in total. The summed E-state index contributed by atoms with van der Waals surface area (Å²) in [6.07, 6.45) is -0.644. The van der Waals surface area contributed by atoms with Crippen LogP contribution in [0.3, 0.4) is 0 Å². The van der Waals surface area contributed by atoms with Crippen LogP contribution in [0.25, 0.3) is 5.69 Å². The molecule has 1 atom stereocenters. The topological polar surface area (TPSA) is 60.4 Å². The lowest BCUT2D eigenvalue weighted by atomic mass is 10.1. The van der Waals surface area contributed by atoms with Crippen molar-refractivity contribution in [2.24, 2.45) is 0 Å². The van der Waals surface area contributed by atoms with Gasteiger partial charge in [0.2, 0.25) is 0 Å². The van der Waals surface area contributed by atoms with Crippen LogP contribution in [0.2, 0.25) is 10.0 Å². The van der Waals surface area contributed by atoms with Crippen LogP contribution in [0, 0.1) is 0 Å². The Bertz CT molecular complexity index is 1220. The minimum atomic E-state index is -0.842. The Morgan fingerprint density at radius 3 is 2.45 bits per heavy atom. The summed E-state index contributed by atoms with van der Waals surface area (Å²) >= 11 is 19.1. The van der Waals surface area contributed by atoms with Gasteiger partial charge >= 0.3 is 11.4 Å². The lowest BCUT2D eigenvalue weighted by Crippen LogP contribution is -2.42. The van der Waals surface area contributed by atoms with Gasteiger partial charge in [-0.05, 0) is 44.2 Å². The molecule has 1 fully saturated rings. The summed E-state index contributed by atoms with van der Waals surface area (Å²) in [5, 5.41) is 0.560. The Hall–Kier alpha value is -2.00. The summed E-state index contributed by atoms with van der Waals surface area (Å²) in [5.74, 6) is -0.842. The van der Waals surface area contributed by atoms with E-state index in [1.54, 1.807) is 6.07 Å². The molecule has 4 rings (SSSR count). The minimum Gasteiger partial charge on any atom is -0.314 e. The fourth-order valence-corrected chi connectivity index (χ4v) is 5.72. The van der Waals surface area contributed by atoms with E-state index < -0.39 is 22.4 Å². The van der Waals surface area contributed by atoms with E-state index in [9.17, 15) is 9.59 Å². The van der Waals surface area contributed by atoms with Crippen molar-refractivity contribution < 1.29 is 4.52 Å². The maximum Gasteiger partial charge on any atom is 0.447 e. The monoisotopic (exact) mass is 467 g/mol. The molecular formula is C19H15Cl2N3O3S2. The van der Waals surface area contributed by atoms with Gasteiger partial charge in [0.05, 0.1) is 15.5 Å². The predicted molar refractivity (Wildman–Crippen MR) is 121 cm³/mol. The highest BCUT2D eigenvalue weighted by Crippen LogP contribution is 2.48. The summed E-state index contributed by atoms with van der Waals surface area (Å²) in [6, 6.07) is 13.9. The highest BCUT2D eigenvalue weighted by molar-refractivity contribution is 8.24. The largest absolute Gasteiger partial charge is 0.447 e. The zero-order valence-corrected chi connectivity index (χ0v) is 18.5. The smallest absolute Gasteiger partial charge is 0.314 e. The van der Waals surface area contributed by atoms with E-state index in [1.165, 1.54) is 23.9 Å². The van der Waals surface area contributed by atoms with Crippen LogP contribution in [0.15, 0.2) is 62.6 Å². The molecule has 0 N–H and O–H groups in total. The van der Waals surface area contributed by atoms with E-state index in [2.05, 4.69) is 0 Å². The van der Waals surface area contributed by atoms with E-state index in [1.807, 2.05) is 49.1 Å². The number of aromatic nitrogens is 2. The van der Waals surface area contributed by atoms with Crippen molar-refractivity contribution in [2.45, 2.75) is 24.8 Å². The molecule has 1 aliphatic rings. The lowest BCUT2D eigenvalue weighted by Gasteiger charge is -2.30. The van der Waals surface area contributed by atoms with Gasteiger partial charge in [-0.1, -0.05) is 65.4 Å². The summed E-state index contributed by atoms with van der Waals surface area (Å²) < 4.78 is 7.41. The van der Waals surface area contributed by atoms with Gasteiger partial charge < -0.3 is 9.42 Å². The number of nitrogens with zero attached hydrogens (tertiary/aromatic N) is 3. The number of rotatable bonds is 3. The molecule has 0 spiro atoms. The van der Waals surface area contributed by atoms with Crippen molar-refractivity contribution in [1.29, 1.82) is 0 Å². The first-order chi connectivity index (χ1) is 13.7. The predicted octanol–water partition coefficient (Wildman–Crippen LogP) is 4.71. The van der Waals surface area contributed by atoms with Crippen molar-refractivity contribution in [2.75, 3.05) is 4.90 Å². The molecule has 0 aliphatic carbocycles. The van der Waals surface area contributed by atoms with Crippen LogP contribution in [0.4, 0.5) is 5.69 Å². The van der Waals surface area contributed by atoms with E-state index in [4.69, 9.17) is 39.9 Å². The number of hydrogen-bond donors (Lipinski definition) is 0. The fraction of sp³-hybridized carbons (Fsp3) is 0.211. The van der Waals surface area contributed by atoms with Gasteiger partial charge in [0.15, 0.2) is 6.17 Å². The highest BCUT2D eigenvalue weighted by Gasteiger charge is 2.49. The molecule has 10 heteroatoms. The molecule has 1 aromatic heterocycles. The van der Waals surface area contributed by atoms with Crippen molar-refractivity contribution in [3.63, 3.8) is 0 Å². The molecule has 29 heavy (non-hydrogen) atoms. The normalized spacial score (nSPS) is 18.4. The average molecular weight is 468 g/mol. The van der Waals surface area contributed by atoms with Crippen molar-refractivity contribution >= 4 is 57.2 Å². The fourth-order valence-electron chi connectivity index (χ4n) is 3.32. The third-order valence-corrected chi connectivity index (χ3v) is 6.65. The van der Waals surface area contributed by atoms with Crippen LogP contribution >= 0.6 is 47.2 Å². The first kappa shape index (κ1) is 20.3. The first-order valence-corrected chi connectivity index (χ1v) is 10.6. The van der Waals surface area contributed by atoms with Gasteiger partial charge in [-0.15, -0.1) is 4.74 Å². The molecule has 0 amide bonds. The van der Waals surface area contributed by atoms with Gasteiger partial charge in [0, 0.05) is 10.7 Å². The average Bonchev–Trinajstić information content (AvgIpc) is 3.07. The summed E-state index contributed by atoms with van der Waals surface area (Å²) in [6.45, 7) is 3.88. The van der Waals surface area contributed by atoms with Gasteiger partial charge in [-0.2, -0.15) is 4.57 Å². The van der Waals surface area contributed by atoms with Crippen molar-refractivity contribution in [3.05, 3.63) is 79.6 Å². The number of hydrogen-bond acceptors (Lipinski definition) is 5. The zero-order valence-electron chi connectivity index (χ0n) is 15.3. The number of anilines is 1. The number of halogens is 2. The Kier molecular flexibility index (Phi) is 5.14. The number of thiocarbonyl (C=S) groups is 1. The van der Waals surface area contributed by atoms with Gasteiger partial charge in [-0.3, -0.25) is 0 Å². The molecule has 1 aliphatic heterocycles. The van der Waals surface area contributed by atoms with E-state index in [-0.39, 0.29) is 10.7 Å². The molecular weight excluding hydrogens is 453 g/mol. The van der Waals surface area contributed by atoms with Gasteiger partial charge in [0.25, 0.3) is 0 Å². The second-order valence-corrected chi connectivity index (χ2v) is 10.1. The van der Waals surface area contributed by atoms with Crippen molar-refractivity contribution in [1.82, 2.24) is 9.31 Å². The molecule has 0 radical (unpaired) electrons. The van der Waals surface area contributed by atoms with E-state index in [0.29, 0.717) is 9.34 Å². The summed E-state index contributed by atoms with van der Waals surface area (Å²) in [5.41, 5.74) is 0.349. The third-order valence-electron chi connectivity index (χ3n) is 4.56. The minimum absolute atomic E-state index is 0.167. The second-order valence-electron chi connectivity index (χ2n) is 6.95. The second kappa shape index (κ2) is 7.36. The molecule has 2 aromatic carbocycles. The zero-order chi connectivity index (χ0) is 20.9. The molecule has 0 saturated carbocycles. The Balaban J connectivity index is 1.91. The van der Waals surface area contributed by atoms with E-state index >= 15 is 0 Å². The van der Waals surface area contributed by atoms with Crippen LogP contribution < -0.4 is 16.3 Å². The lowest BCUT2D eigenvalue weighted by molar-refractivity contribution is 0.182.